The highest BCUT2D eigenvalue weighted by Crippen LogP contribution is 2.01. The molecule has 0 saturated carbocycles. The minimum atomic E-state index is -1.32. The van der Waals surface area contributed by atoms with Gasteiger partial charge in [-0.2, -0.15) is 0 Å². The Kier molecular flexibility index (Phi) is 9.56. The van der Waals surface area contributed by atoms with E-state index in [4.69, 9.17) is 28.0 Å². The van der Waals surface area contributed by atoms with Gasteiger partial charge in [-0.1, -0.05) is 0 Å². The Hall–Kier alpha value is -2.89. The number of nitrogens with two attached hydrogens (primary N) is 4. The Morgan fingerprint density at radius 3 is 2.04 bits per heavy atom. The molecule has 3 atom stereocenters. The Labute approximate surface area is 144 Å². The number of aliphatic imine (C=N–C) groups is 1. The van der Waals surface area contributed by atoms with Gasteiger partial charge >= 0.3 is 5.97 Å². The van der Waals surface area contributed by atoms with Crippen molar-refractivity contribution in [3.05, 3.63) is 0 Å². The fraction of sp³-hybridized carbons (Fsp3) is 0.615. The molecule has 0 heterocycles. The molecular weight excluding hydrogens is 334 g/mol. The second-order valence-electron chi connectivity index (χ2n) is 5.37. The number of aliphatic carboxylic acids is 1. The monoisotopic (exact) mass is 359 g/mol. The molecule has 0 rings (SSSR count). The number of carbonyl (C=O) groups is 4. The van der Waals surface area contributed by atoms with Crippen molar-refractivity contribution in [1.82, 2.24) is 10.6 Å². The van der Waals surface area contributed by atoms with E-state index in [2.05, 4.69) is 15.6 Å². The fourth-order valence-electron chi connectivity index (χ4n) is 1.75. The maximum Gasteiger partial charge on any atom is 0.326 e. The molecule has 0 aromatic heterocycles. The summed E-state index contributed by atoms with van der Waals surface area (Å²) >= 11 is 0. The molecular formula is C13H25N7O5. The van der Waals surface area contributed by atoms with Gasteiger partial charge < -0.3 is 38.7 Å². The van der Waals surface area contributed by atoms with Crippen molar-refractivity contribution < 1.29 is 24.3 Å². The molecule has 0 saturated heterocycles. The van der Waals surface area contributed by atoms with Crippen molar-refractivity contribution in [2.24, 2.45) is 27.9 Å². The standard InChI is InChI=1S/C13H25N7O5/c1-6(14)10(22)20-8(5-9(15)21)11(23)19-7(12(24)25)3-2-4-18-13(16)17/h6-8H,2-5,14H2,1H3,(H2,15,21)(H,19,23)(H,20,22)(H,24,25)(H4,16,17,18). The van der Waals surface area contributed by atoms with Crippen molar-refractivity contribution in [1.29, 1.82) is 0 Å². The first kappa shape index (κ1) is 22.1. The molecule has 0 aliphatic rings. The topological polar surface area (TPSA) is 229 Å². The number of hydrogen-bond donors (Lipinski definition) is 7. The second kappa shape index (κ2) is 10.8. The average Bonchev–Trinajstić information content (AvgIpc) is 2.48. The van der Waals surface area contributed by atoms with Crippen LogP contribution in [0.3, 0.4) is 0 Å². The lowest BCUT2D eigenvalue weighted by Gasteiger charge is -2.21. The van der Waals surface area contributed by atoms with Crippen molar-refractivity contribution in [2.75, 3.05) is 6.54 Å². The van der Waals surface area contributed by atoms with Gasteiger partial charge in [0.2, 0.25) is 17.7 Å². The number of nitrogens with zero attached hydrogens (tertiary/aromatic N) is 1. The predicted octanol–water partition coefficient (Wildman–Crippen LogP) is -3.68. The molecule has 0 aliphatic heterocycles. The van der Waals surface area contributed by atoms with Crippen LogP contribution in [0, 0.1) is 0 Å². The van der Waals surface area contributed by atoms with E-state index in [-0.39, 0.29) is 18.9 Å². The number of carboxylic acid groups (broad SMARTS) is 1. The maximum atomic E-state index is 12.2. The van der Waals surface area contributed by atoms with Crippen molar-refractivity contribution in [3.63, 3.8) is 0 Å². The van der Waals surface area contributed by atoms with Crippen molar-refractivity contribution in [3.8, 4) is 0 Å². The predicted molar refractivity (Wildman–Crippen MR) is 88.9 cm³/mol. The number of carboxylic acids is 1. The first-order valence-electron chi connectivity index (χ1n) is 7.47. The quantitative estimate of drug-likeness (QED) is 0.110. The molecule has 12 heteroatoms. The van der Waals surface area contributed by atoms with E-state index in [0.29, 0.717) is 6.42 Å². The number of amides is 3. The number of nitrogens with one attached hydrogen (secondary N) is 2. The number of hydrogen-bond acceptors (Lipinski definition) is 6. The lowest BCUT2D eigenvalue weighted by Crippen LogP contribution is -2.55. The lowest BCUT2D eigenvalue weighted by atomic mass is 10.1. The van der Waals surface area contributed by atoms with Crippen LogP contribution in [-0.4, -0.2) is 59.4 Å². The largest absolute Gasteiger partial charge is 0.480 e. The van der Waals surface area contributed by atoms with Crippen LogP contribution in [0.25, 0.3) is 0 Å². The van der Waals surface area contributed by atoms with Gasteiger partial charge in [-0.05, 0) is 19.8 Å². The van der Waals surface area contributed by atoms with Crippen LogP contribution in [0.1, 0.15) is 26.2 Å². The van der Waals surface area contributed by atoms with Crippen LogP contribution in [0.5, 0.6) is 0 Å². The minimum absolute atomic E-state index is 0.0440. The van der Waals surface area contributed by atoms with Crippen LogP contribution >= 0.6 is 0 Å². The molecule has 3 amide bonds. The highest BCUT2D eigenvalue weighted by Gasteiger charge is 2.28. The Morgan fingerprint density at radius 1 is 1.04 bits per heavy atom. The van der Waals surface area contributed by atoms with Gasteiger partial charge in [-0.15, -0.1) is 0 Å². The van der Waals surface area contributed by atoms with Crippen molar-refractivity contribution in [2.45, 2.75) is 44.3 Å². The zero-order valence-corrected chi connectivity index (χ0v) is 13.9. The number of primary amides is 1. The summed E-state index contributed by atoms with van der Waals surface area (Å²) in [4.78, 5) is 49.8. The van der Waals surface area contributed by atoms with E-state index >= 15 is 0 Å². The first-order valence-corrected chi connectivity index (χ1v) is 7.47. The summed E-state index contributed by atoms with van der Waals surface area (Å²) in [7, 11) is 0. The molecule has 0 radical (unpaired) electrons. The third kappa shape index (κ3) is 9.76. The molecule has 0 bridgehead atoms. The molecule has 11 N–H and O–H groups in total. The fourth-order valence-corrected chi connectivity index (χ4v) is 1.75. The average molecular weight is 359 g/mol. The van der Waals surface area contributed by atoms with Gasteiger partial charge in [0, 0.05) is 6.54 Å². The SMILES string of the molecule is CC(N)C(=O)NC(CC(N)=O)C(=O)NC(CCCN=C(N)N)C(=O)O. The van der Waals surface area contributed by atoms with Gasteiger partial charge in [-0.25, -0.2) is 4.79 Å². The number of rotatable bonds is 11. The van der Waals surface area contributed by atoms with Crippen LogP contribution in [0.2, 0.25) is 0 Å². The second-order valence-corrected chi connectivity index (χ2v) is 5.37. The molecule has 142 valence electrons. The molecule has 0 aliphatic carbocycles. The van der Waals surface area contributed by atoms with Gasteiger partial charge in [0.05, 0.1) is 12.5 Å². The van der Waals surface area contributed by atoms with Gasteiger partial charge in [0.25, 0.3) is 0 Å². The Balaban J connectivity index is 4.88. The van der Waals surface area contributed by atoms with E-state index in [0.717, 1.165) is 0 Å². The Morgan fingerprint density at radius 2 is 1.60 bits per heavy atom. The molecule has 0 fully saturated rings. The third-order valence-corrected chi connectivity index (χ3v) is 3.01. The summed E-state index contributed by atoms with van der Waals surface area (Å²) in [5.74, 6) is -3.79. The van der Waals surface area contributed by atoms with E-state index in [1.54, 1.807) is 0 Å². The zero-order valence-electron chi connectivity index (χ0n) is 13.9. The highest BCUT2D eigenvalue weighted by molar-refractivity contribution is 5.94. The molecule has 0 aromatic rings. The summed E-state index contributed by atoms with van der Waals surface area (Å²) in [5, 5.41) is 13.7. The van der Waals surface area contributed by atoms with E-state index in [9.17, 15) is 19.2 Å². The molecule has 12 nitrogen and oxygen atoms in total. The molecule has 25 heavy (non-hydrogen) atoms. The van der Waals surface area contributed by atoms with Crippen LogP contribution < -0.4 is 33.6 Å². The van der Waals surface area contributed by atoms with Gasteiger partial charge in [0.1, 0.15) is 12.1 Å². The van der Waals surface area contributed by atoms with E-state index in [1.807, 2.05) is 0 Å². The maximum absolute atomic E-state index is 12.2. The number of carbonyl (C=O) groups excluding carboxylic acids is 3. The van der Waals surface area contributed by atoms with E-state index < -0.39 is 48.2 Å². The van der Waals surface area contributed by atoms with Crippen LogP contribution in [0.4, 0.5) is 0 Å². The summed E-state index contributed by atoms with van der Waals surface area (Å²) in [6, 6.07) is -3.49. The third-order valence-electron chi connectivity index (χ3n) is 3.01. The highest BCUT2D eigenvalue weighted by atomic mass is 16.4. The van der Waals surface area contributed by atoms with Crippen LogP contribution in [0.15, 0.2) is 4.99 Å². The summed E-state index contributed by atoms with van der Waals surface area (Å²) in [6.45, 7) is 1.58. The van der Waals surface area contributed by atoms with Crippen molar-refractivity contribution >= 4 is 29.7 Å². The molecule has 0 aromatic carbocycles. The Bertz CT molecular complexity index is 531. The lowest BCUT2D eigenvalue weighted by molar-refractivity contribution is -0.142. The van der Waals surface area contributed by atoms with E-state index in [1.165, 1.54) is 6.92 Å². The summed E-state index contributed by atoms with van der Waals surface area (Å²) in [6.07, 6.45) is -0.158. The van der Waals surface area contributed by atoms with Gasteiger partial charge in [0.15, 0.2) is 5.96 Å². The smallest absolute Gasteiger partial charge is 0.326 e. The summed E-state index contributed by atoms with van der Waals surface area (Å²) in [5.41, 5.74) is 20.7. The van der Waals surface area contributed by atoms with Gasteiger partial charge in [-0.3, -0.25) is 19.4 Å². The molecule has 3 unspecified atom stereocenters. The molecule has 0 spiro atoms. The zero-order chi connectivity index (χ0) is 19.6. The number of guanidine groups is 1. The first-order chi connectivity index (χ1) is 11.5. The van der Waals surface area contributed by atoms with Crippen LogP contribution in [-0.2, 0) is 19.2 Å². The summed E-state index contributed by atoms with van der Waals surface area (Å²) < 4.78 is 0. The minimum Gasteiger partial charge on any atom is -0.480 e. The normalized spacial score (nSPS) is 13.8.